The van der Waals surface area contributed by atoms with Crippen molar-refractivity contribution in [3.63, 3.8) is 0 Å². The smallest absolute Gasteiger partial charge is 0.407 e. The summed E-state index contributed by atoms with van der Waals surface area (Å²) in [6, 6.07) is 3.79. The zero-order chi connectivity index (χ0) is 13.0. The number of hydrogen-bond acceptors (Lipinski definition) is 3. The molecule has 0 bridgehead atoms. The summed E-state index contributed by atoms with van der Waals surface area (Å²) in [5, 5.41) is 8.85. The first-order valence-corrected chi connectivity index (χ1v) is 5.81. The van der Waals surface area contributed by atoms with Crippen molar-refractivity contribution >= 4 is 6.09 Å². The number of pyridine rings is 1. The Kier molecular flexibility index (Phi) is 3.80. The molecule has 0 aliphatic carbocycles. The Morgan fingerprint density at radius 3 is 2.61 bits per heavy atom. The maximum atomic E-state index is 10.8. The highest BCUT2D eigenvalue weighted by molar-refractivity contribution is 5.65. The highest BCUT2D eigenvalue weighted by atomic mass is 16.4. The number of rotatable bonds is 2. The van der Waals surface area contributed by atoms with Crippen molar-refractivity contribution < 1.29 is 9.90 Å². The maximum absolute atomic E-state index is 10.8. The molecule has 94 valence electrons. The Morgan fingerprint density at radius 1 is 1.39 bits per heavy atom. The number of carbonyl (C=O) groups is 1. The van der Waals surface area contributed by atoms with E-state index in [9.17, 15) is 4.79 Å². The number of nitrogens with zero attached hydrogens (tertiary/aromatic N) is 3. The van der Waals surface area contributed by atoms with Gasteiger partial charge in [-0.05, 0) is 12.1 Å². The molecule has 0 saturated carbocycles. The molecule has 1 aliphatic rings. The molecule has 1 N–H and O–H groups in total. The molecule has 0 aromatic carbocycles. The summed E-state index contributed by atoms with van der Waals surface area (Å²) in [6.07, 6.45) is 6.11. The highest BCUT2D eigenvalue weighted by Gasteiger charge is 2.20. The minimum absolute atomic E-state index is 0.553. The summed E-state index contributed by atoms with van der Waals surface area (Å²) in [4.78, 5) is 18.7. The summed E-state index contributed by atoms with van der Waals surface area (Å²) in [5.74, 6) is 2.53. The lowest BCUT2D eigenvalue weighted by Gasteiger charge is -2.32. The molecule has 0 spiro atoms. The molecule has 2 rings (SSSR count). The molecule has 5 nitrogen and oxygen atoms in total. The van der Waals surface area contributed by atoms with Gasteiger partial charge in [-0.1, -0.05) is 5.92 Å². The quantitative estimate of drug-likeness (QED) is 0.785. The van der Waals surface area contributed by atoms with E-state index in [4.69, 9.17) is 11.5 Å². The lowest BCUT2D eigenvalue weighted by molar-refractivity contribution is 0.102. The van der Waals surface area contributed by atoms with Gasteiger partial charge in [-0.2, -0.15) is 0 Å². The molecule has 1 aromatic rings. The van der Waals surface area contributed by atoms with Crippen LogP contribution >= 0.6 is 0 Å². The van der Waals surface area contributed by atoms with Gasteiger partial charge in [-0.25, -0.2) is 4.79 Å². The minimum Gasteiger partial charge on any atom is -0.465 e. The average molecular weight is 245 g/mol. The molecule has 1 saturated heterocycles. The fourth-order valence-electron chi connectivity index (χ4n) is 1.93. The van der Waals surface area contributed by atoms with Crippen LogP contribution in [0, 0.1) is 12.3 Å². The monoisotopic (exact) mass is 245 g/mol. The second-order valence-corrected chi connectivity index (χ2v) is 4.23. The molecule has 1 amide bonds. The molecular weight excluding hydrogens is 230 g/mol. The molecule has 2 heterocycles. The molecular formula is C13H15N3O2. The Labute approximate surface area is 106 Å². The molecule has 18 heavy (non-hydrogen) atoms. The summed E-state index contributed by atoms with van der Waals surface area (Å²) >= 11 is 0. The fraction of sp³-hybridized carbons (Fsp3) is 0.385. The van der Waals surface area contributed by atoms with Gasteiger partial charge in [0, 0.05) is 44.5 Å². The van der Waals surface area contributed by atoms with Crippen molar-refractivity contribution in [1.82, 2.24) is 14.8 Å². The van der Waals surface area contributed by atoms with Crippen molar-refractivity contribution in [2.45, 2.75) is 6.54 Å². The number of aromatic nitrogens is 1. The van der Waals surface area contributed by atoms with E-state index in [1.54, 1.807) is 6.20 Å². The lowest BCUT2D eigenvalue weighted by Crippen LogP contribution is -2.47. The van der Waals surface area contributed by atoms with Crippen LogP contribution in [0.4, 0.5) is 4.79 Å². The standard InChI is InChI=1S/C13H15N3O2/c1-2-11-3-4-12(14-9-11)10-15-5-7-16(8-6-15)13(17)18/h1,3-4,9H,5-8,10H2,(H,17,18). The normalized spacial score (nSPS) is 16.3. The van der Waals surface area contributed by atoms with E-state index in [2.05, 4.69) is 15.8 Å². The van der Waals surface area contributed by atoms with Crippen molar-refractivity contribution in [3.05, 3.63) is 29.6 Å². The number of carboxylic acid groups (broad SMARTS) is 1. The van der Waals surface area contributed by atoms with Gasteiger partial charge in [0.25, 0.3) is 0 Å². The molecule has 0 atom stereocenters. The van der Waals surface area contributed by atoms with Crippen molar-refractivity contribution in [3.8, 4) is 12.3 Å². The Morgan fingerprint density at radius 2 is 2.11 bits per heavy atom. The molecule has 1 aromatic heterocycles. The van der Waals surface area contributed by atoms with Crippen LogP contribution in [0.15, 0.2) is 18.3 Å². The summed E-state index contributed by atoms with van der Waals surface area (Å²) < 4.78 is 0. The van der Waals surface area contributed by atoms with Crippen LogP contribution < -0.4 is 0 Å². The average Bonchev–Trinajstić information content (AvgIpc) is 2.40. The number of terminal acetylenes is 1. The van der Waals surface area contributed by atoms with Crippen molar-refractivity contribution in [1.29, 1.82) is 0 Å². The van der Waals surface area contributed by atoms with E-state index in [1.807, 2.05) is 12.1 Å². The summed E-state index contributed by atoms with van der Waals surface area (Å²) in [6.45, 7) is 3.32. The van der Waals surface area contributed by atoms with Crippen LogP contribution in [0.1, 0.15) is 11.3 Å². The highest BCUT2D eigenvalue weighted by Crippen LogP contribution is 2.07. The second kappa shape index (κ2) is 5.52. The van der Waals surface area contributed by atoms with Gasteiger partial charge >= 0.3 is 6.09 Å². The molecule has 0 radical (unpaired) electrons. The first kappa shape index (κ1) is 12.4. The summed E-state index contributed by atoms with van der Waals surface area (Å²) in [7, 11) is 0. The number of amides is 1. The third kappa shape index (κ3) is 2.99. The van der Waals surface area contributed by atoms with Gasteiger partial charge < -0.3 is 10.0 Å². The van der Waals surface area contributed by atoms with E-state index in [-0.39, 0.29) is 0 Å². The van der Waals surface area contributed by atoms with Crippen LogP contribution in [0.3, 0.4) is 0 Å². The van der Waals surface area contributed by atoms with Crippen LogP contribution in [-0.2, 0) is 6.54 Å². The zero-order valence-electron chi connectivity index (χ0n) is 10.0. The van der Waals surface area contributed by atoms with E-state index in [0.29, 0.717) is 13.1 Å². The SMILES string of the molecule is C#Cc1ccc(CN2CCN(C(=O)O)CC2)nc1. The van der Waals surface area contributed by atoms with Gasteiger partial charge in [0.05, 0.1) is 5.69 Å². The molecule has 1 aliphatic heterocycles. The van der Waals surface area contributed by atoms with Gasteiger partial charge in [-0.15, -0.1) is 6.42 Å². The van der Waals surface area contributed by atoms with Crippen LogP contribution in [0.2, 0.25) is 0 Å². The van der Waals surface area contributed by atoms with Gasteiger partial charge in [0.15, 0.2) is 0 Å². The maximum Gasteiger partial charge on any atom is 0.407 e. The lowest BCUT2D eigenvalue weighted by atomic mass is 10.2. The predicted molar refractivity (Wildman–Crippen MR) is 67.0 cm³/mol. The fourth-order valence-corrected chi connectivity index (χ4v) is 1.93. The van der Waals surface area contributed by atoms with Gasteiger partial charge in [-0.3, -0.25) is 9.88 Å². The van der Waals surface area contributed by atoms with E-state index >= 15 is 0 Å². The van der Waals surface area contributed by atoms with Crippen LogP contribution in [-0.4, -0.2) is 52.2 Å². The summed E-state index contributed by atoms with van der Waals surface area (Å²) in [5.41, 5.74) is 1.73. The Hall–Kier alpha value is -2.06. The van der Waals surface area contributed by atoms with E-state index in [0.717, 1.165) is 30.9 Å². The van der Waals surface area contributed by atoms with Gasteiger partial charge in [0.1, 0.15) is 0 Å². The molecule has 5 heteroatoms. The topological polar surface area (TPSA) is 56.7 Å². The third-order valence-corrected chi connectivity index (χ3v) is 3.02. The first-order valence-electron chi connectivity index (χ1n) is 5.81. The van der Waals surface area contributed by atoms with Crippen LogP contribution in [0.5, 0.6) is 0 Å². The third-order valence-electron chi connectivity index (χ3n) is 3.02. The zero-order valence-corrected chi connectivity index (χ0v) is 10.0. The number of hydrogen-bond donors (Lipinski definition) is 1. The number of piperazine rings is 1. The molecule has 0 unspecified atom stereocenters. The largest absolute Gasteiger partial charge is 0.465 e. The second-order valence-electron chi connectivity index (χ2n) is 4.23. The van der Waals surface area contributed by atoms with E-state index in [1.165, 1.54) is 4.90 Å². The van der Waals surface area contributed by atoms with Crippen LogP contribution in [0.25, 0.3) is 0 Å². The predicted octanol–water partition coefficient (Wildman–Crippen LogP) is 0.858. The van der Waals surface area contributed by atoms with E-state index < -0.39 is 6.09 Å². The molecule has 1 fully saturated rings. The minimum atomic E-state index is -0.842. The Bertz CT molecular complexity index is 456. The first-order chi connectivity index (χ1) is 8.69. The van der Waals surface area contributed by atoms with Gasteiger partial charge in [0.2, 0.25) is 0 Å². The van der Waals surface area contributed by atoms with Crippen molar-refractivity contribution in [2.75, 3.05) is 26.2 Å². The Balaban J connectivity index is 1.87. The van der Waals surface area contributed by atoms with Crippen molar-refractivity contribution in [2.24, 2.45) is 0 Å².